The van der Waals surface area contributed by atoms with Gasteiger partial charge in [0.2, 0.25) is 0 Å². The van der Waals surface area contributed by atoms with Crippen LogP contribution in [0.15, 0.2) is 35.2 Å². The molecule has 0 radical (unpaired) electrons. The van der Waals surface area contributed by atoms with Crippen molar-refractivity contribution in [3.63, 3.8) is 0 Å². The Labute approximate surface area is 144 Å². The summed E-state index contributed by atoms with van der Waals surface area (Å²) < 4.78 is 15.0. The van der Waals surface area contributed by atoms with Gasteiger partial charge in [-0.25, -0.2) is 4.39 Å². The van der Waals surface area contributed by atoms with Crippen LogP contribution in [0.1, 0.15) is 38.2 Å². The summed E-state index contributed by atoms with van der Waals surface area (Å²) >= 11 is 1.54. The highest BCUT2D eigenvalue weighted by molar-refractivity contribution is 7.99. The third kappa shape index (κ3) is 2.71. The molecule has 24 heavy (non-hydrogen) atoms. The largest absolute Gasteiger partial charge is 0.481 e. The van der Waals surface area contributed by atoms with Crippen molar-refractivity contribution >= 4 is 34.3 Å². The van der Waals surface area contributed by atoms with Gasteiger partial charge in [0, 0.05) is 23.3 Å². The first-order chi connectivity index (χ1) is 11.5. The smallest absolute Gasteiger partial charge is 0.314 e. The molecule has 1 aliphatic carbocycles. The predicted octanol–water partition coefficient (Wildman–Crippen LogP) is 4.56. The number of fused-ring (bicyclic) bond motifs is 1. The number of halogens is 1. The number of ketones is 1. The molecule has 3 nitrogen and oxygen atoms in total. The fraction of sp³-hybridized carbons (Fsp3) is 0.368. The molecule has 5 heteroatoms. The van der Waals surface area contributed by atoms with E-state index in [2.05, 4.69) is 0 Å². The highest BCUT2D eigenvalue weighted by Gasteiger charge is 2.46. The fourth-order valence-electron chi connectivity index (χ4n) is 3.60. The van der Waals surface area contributed by atoms with Crippen LogP contribution in [0, 0.1) is 5.82 Å². The first-order valence-corrected chi connectivity index (χ1v) is 9.08. The van der Waals surface area contributed by atoms with E-state index in [0.29, 0.717) is 5.39 Å². The van der Waals surface area contributed by atoms with Crippen molar-refractivity contribution < 1.29 is 19.1 Å². The van der Waals surface area contributed by atoms with Gasteiger partial charge in [-0.15, -0.1) is 11.8 Å². The van der Waals surface area contributed by atoms with E-state index in [4.69, 9.17) is 0 Å². The van der Waals surface area contributed by atoms with Crippen LogP contribution >= 0.6 is 11.8 Å². The molecule has 1 aliphatic rings. The number of carboxylic acid groups (broad SMARTS) is 1. The molecule has 1 N–H and O–H groups in total. The van der Waals surface area contributed by atoms with E-state index < -0.39 is 17.2 Å². The summed E-state index contributed by atoms with van der Waals surface area (Å²) in [5.41, 5.74) is -1.09. The number of carbonyl (C=O) groups excluding carboxylic acids is 1. The van der Waals surface area contributed by atoms with Crippen LogP contribution < -0.4 is 0 Å². The number of carbonyl (C=O) groups is 2. The second-order valence-electron chi connectivity index (χ2n) is 6.14. The van der Waals surface area contributed by atoms with E-state index in [-0.39, 0.29) is 37.0 Å². The zero-order valence-corrected chi connectivity index (χ0v) is 14.3. The van der Waals surface area contributed by atoms with Crippen molar-refractivity contribution in [1.82, 2.24) is 0 Å². The lowest BCUT2D eigenvalue weighted by Gasteiger charge is -2.34. The van der Waals surface area contributed by atoms with Crippen LogP contribution in [0.25, 0.3) is 10.8 Å². The van der Waals surface area contributed by atoms with Gasteiger partial charge >= 0.3 is 5.97 Å². The van der Waals surface area contributed by atoms with Gasteiger partial charge in [0.1, 0.15) is 11.6 Å². The number of aliphatic carboxylic acids is 1. The highest BCUT2D eigenvalue weighted by atomic mass is 32.2. The van der Waals surface area contributed by atoms with E-state index in [1.165, 1.54) is 6.07 Å². The molecular formula is C19H19FO3S. The van der Waals surface area contributed by atoms with Crippen LogP contribution in [-0.4, -0.2) is 22.6 Å². The van der Waals surface area contributed by atoms with Gasteiger partial charge in [0.15, 0.2) is 0 Å². The Kier molecular flexibility index (Phi) is 4.63. The van der Waals surface area contributed by atoms with E-state index >= 15 is 4.39 Å². The first-order valence-electron chi connectivity index (χ1n) is 8.09. The Balaban J connectivity index is 2.28. The zero-order valence-electron chi connectivity index (χ0n) is 13.5. The molecule has 0 amide bonds. The maximum absolute atomic E-state index is 15.0. The quantitative estimate of drug-likeness (QED) is 0.825. The summed E-state index contributed by atoms with van der Waals surface area (Å²) in [6.45, 7) is 2.00. The molecule has 0 bridgehead atoms. The monoisotopic (exact) mass is 346 g/mol. The fourth-order valence-corrected chi connectivity index (χ4v) is 4.43. The van der Waals surface area contributed by atoms with Gasteiger partial charge in [-0.05, 0) is 35.4 Å². The SMILES string of the molecule is CCSc1cc(F)c(C2(C(=O)O)CCC(=O)CC2)c2ccccc12. The molecule has 0 spiro atoms. The van der Waals surface area contributed by atoms with Gasteiger partial charge in [-0.1, -0.05) is 31.2 Å². The minimum atomic E-state index is -1.33. The molecule has 3 rings (SSSR count). The maximum atomic E-state index is 15.0. The van der Waals surface area contributed by atoms with Crippen LogP contribution in [0.4, 0.5) is 4.39 Å². The van der Waals surface area contributed by atoms with Gasteiger partial charge in [-0.3, -0.25) is 9.59 Å². The lowest BCUT2D eigenvalue weighted by atomic mass is 9.67. The topological polar surface area (TPSA) is 54.4 Å². The Morgan fingerprint density at radius 1 is 1.25 bits per heavy atom. The second-order valence-corrected chi connectivity index (χ2v) is 7.44. The third-order valence-corrected chi connectivity index (χ3v) is 5.74. The van der Waals surface area contributed by atoms with Crippen LogP contribution in [-0.2, 0) is 15.0 Å². The van der Waals surface area contributed by atoms with Crippen LogP contribution in [0.2, 0.25) is 0 Å². The molecule has 2 aromatic carbocycles. The first kappa shape index (κ1) is 17.0. The van der Waals surface area contributed by atoms with E-state index in [1.54, 1.807) is 23.9 Å². The Morgan fingerprint density at radius 3 is 2.46 bits per heavy atom. The van der Waals surface area contributed by atoms with E-state index in [9.17, 15) is 14.7 Å². The highest BCUT2D eigenvalue weighted by Crippen LogP contribution is 2.45. The number of benzene rings is 2. The number of Topliss-reactive ketones (excluding diaryl/α,β-unsaturated/α-hetero) is 1. The number of hydrogen-bond donors (Lipinski definition) is 1. The van der Waals surface area contributed by atoms with Gasteiger partial charge < -0.3 is 5.11 Å². The molecule has 0 heterocycles. The summed E-state index contributed by atoms with van der Waals surface area (Å²) in [6.07, 6.45) is 0.682. The normalized spacial score (nSPS) is 17.2. The number of carboxylic acids is 1. The zero-order chi connectivity index (χ0) is 17.3. The summed E-state index contributed by atoms with van der Waals surface area (Å²) in [6, 6.07) is 8.82. The summed E-state index contributed by atoms with van der Waals surface area (Å²) in [5, 5.41) is 11.4. The van der Waals surface area contributed by atoms with Crippen molar-refractivity contribution in [2.24, 2.45) is 0 Å². The minimum absolute atomic E-state index is 0.0507. The minimum Gasteiger partial charge on any atom is -0.481 e. The third-order valence-electron chi connectivity index (χ3n) is 4.81. The van der Waals surface area contributed by atoms with E-state index in [0.717, 1.165) is 16.0 Å². The van der Waals surface area contributed by atoms with Crippen molar-refractivity contribution in [1.29, 1.82) is 0 Å². The molecule has 1 saturated carbocycles. The molecule has 2 aromatic rings. The second kappa shape index (κ2) is 6.55. The Morgan fingerprint density at radius 2 is 1.88 bits per heavy atom. The van der Waals surface area contributed by atoms with Crippen LogP contribution in [0.3, 0.4) is 0 Å². The Bertz CT molecular complexity index is 806. The average molecular weight is 346 g/mol. The molecule has 0 unspecified atom stereocenters. The molecular weight excluding hydrogens is 327 g/mol. The average Bonchev–Trinajstić information content (AvgIpc) is 2.56. The molecule has 0 saturated heterocycles. The summed E-state index contributed by atoms with van der Waals surface area (Å²) in [4.78, 5) is 24.5. The van der Waals surface area contributed by atoms with Gasteiger partial charge in [-0.2, -0.15) is 0 Å². The molecule has 126 valence electrons. The van der Waals surface area contributed by atoms with Gasteiger partial charge in [0.05, 0.1) is 5.41 Å². The van der Waals surface area contributed by atoms with Crippen molar-refractivity contribution in [2.45, 2.75) is 42.9 Å². The van der Waals surface area contributed by atoms with Crippen molar-refractivity contribution in [3.8, 4) is 0 Å². The van der Waals surface area contributed by atoms with Crippen molar-refractivity contribution in [2.75, 3.05) is 5.75 Å². The Hall–Kier alpha value is -1.88. The summed E-state index contributed by atoms with van der Waals surface area (Å²) in [5.74, 6) is -0.674. The predicted molar refractivity (Wildman–Crippen MR) is 93.1 cm³/mol. The van der Waals surface area contributed by atoms with Crippen molar-refractivity contribution in [3.05, 3.63) is 41.7 Å². The maximum Gasteiger partial charge on any atom is 0.314 e. The molecule has 0 atom stereocenters. The van der Waals surface area contributed by atoms with Crippen LogP contribution in [0.5, 0.6) is 0 Å². The number of thioether (sulfide) groups is 1. The molecule has 0 aromatic heterocycles. The lowest BCUT2D eigenvalue weighted by Crippen LogP contribution is -2.40. The lowest BCUT2D eigenvalue weighted by molar-refractivity contribution is -0.146. The van der Waals surface area contributed by atoms with E-state index in [1.807, 2.05) is 19.1 Å². The standard InChI is InChI=1S/C19H19FO3S/c1-2-24-16-11-15(20)17(14-6-4-3-5-13(14)16)19(18(22)23)9-7-12(21)8-10-19/h3-6,11H,2,7-10H2,1H3,(H,22,23). The number of hydrogen-bond acceptors (Lipinski definition) is 3. The molecule has 0 aliphatic heterocycles. The summed E-state index contributed by atoms with van der Waals surface area (Å²) in [7, 11) is 0. The molecule has 1 fully saturated rings. The number of rotatable bonds is 4. The van der Waals surface area contributed by atoms with Gasteiger partial charge in [0.25, 0.3) is 0 Å².